The fourth-order valence-electron chi connectivity index (χ4n) is 2.75. The summed E-state index contributed by atoms with van der Waals surface area (Å²) in [7, 11) is 0. The Labute approximate surface area is 112 Å². The Balaban J connectivity index is 2.26. The van der Waals surface area contributed by atoms with E-state index in [4.69, 9.17) is 10.5 Å². The predicted molar refractivity (Wildman–Crippen MR) is 71.1 cm³/mol. The third-order valence-electron chi connectivity index (χ3n) is 3.56. The molecule has 19 heavy (non-hydrogen) atoms. The first kappa shape index (κ1) is 13.6. The SMILES string of the molecule is Cc1cc2c(n1CCOC(N)=O)CC(C)(C)CC2=O. The maximum absolute atomic E-state index is 12.1. The molecule has 104 valence electrons. The maximum atomic E-state index is 12.1. The second-order valence-corrected chi connectivity index (χ2v) is 5.91. The van der Waals surface area contributed by atoms with Gasteiger partial charge in [-0.15, -0.1) is 0 Å². The first-order valence-corrected chi connectivity index (χ1v) is 6.44. The lowest BCUT2D eigenvalue weighted by Gasteiger charge is -2.29. The molecule has 0 aliphatic heterocycles. The van der Waals surface area contributed by atoms with Crippen molar-refractivity contribution < 1.29 is 14.3 Å². The highest BCUT2D eigenvalue weighted by Gasteiger charge is 2.33. The molecular weight excluding hydrogens is 244 g/mol. The zero-order valence-electron chi connectivity index (χ0n) is 11.7. The average molecular weight is 264 g/mol. The lowest BCUT2D eigenvalue weighted by Crippen LogP contribution is -2.28. The normalized spacial score (nSPS) is 17.1. The van der Waals surface area contributed by atoms with E-state index in [-0.39, 0.29) is 17.8 Å². The minimum Gasteiger partial charge on any atom is -0.448 e. The Morgan fingerprint density at radius 1 is 1.47 bits per heavy atom. The number of rotatable bonds is 3. The third-order valence-corrected chi connectivity index (χ3v) is 3.56. The summed E-state index contributed by atoms with van der Waals surface area (Å²) < 4.78 is 6.83. The molecule has 1 aromatic rings. The molecule has 0 bridgehead atoms. The van der Waals surface area contributed by atoms with Crippen LogP contribution < -0.4 is 5.73 Å². The smallest absolute Gasteiger partial charge is 0.404 e. The van der Waals surface area contributed by atoms with Gasteiger partial charge in [0, 0.05) is 23.4 Å². The Morgan fingerprint density at radius 3 is 2.79 bits per heavy atom. The number of nitrogens with two attached hydrogens (primary N) is 1. The molecule has 0 fully saturated rings. The monoisotopic (exact) mass is 264 g/mol. The van der Waals surface area contributed by atoms with Gasteiger partial charge in [0.15, 0.2) is 5.78 Å². The number of ether oxygens (including phenoxy) is 1. The first-order chi connectivity index (χ1) is 8.80. The van der Waals surface area contributed by atoms with Gasteiger partial charge in [-0.2, -0.15) is 0 Å². The number of aromatic nitrogens is 1. The number of hydrogen-bond donors (Lipinski definition) is 1. The molecule has 5 nitrogen and oxygen atoms in total. The largest absolute Gasteiger partial charge is 0.448 e. The fourth-order valence-corrected chi connectivity index (χ4v) is 2.75. The van der Waals surface area contributed by atoms with Crippen molar-refractivity contribution in [2.45, 2.75) is 40.2 Å². The molecule has 0 aromatic carbocycles. The van der Waals surface area contributed by atoms with Crippen molar-refractivity contribution >= 4 is 11.9 Å². The van der Waals surface area contributed by atoms with Crippen molar-refractivity contribution in [2.24, 2.45) is 11.1 Å². The van der Waals surface area contributed by atoms with E-state index in [0.29, 0.717) is 13.0 Å². The molecule has 1 aliphatic rings. The van der Waals surface area contributed by atoms with Gasteiger partial charge >= 0.3 is 6.09 Å². The Kier molecular flexibility index (Phi) is 3.39. The number of amides is 1. The van der Waals surface area contributed by atoms with Crippen molar-refractivity contribution in [3.8, 4) is 0 Å². The summed E-state index contributed by atoms with van der Waals surface area (Å²) in [6.07, 6.45) is 0.676. The van der Waals surface area contributed by atoms with Crippen LogP contribution in [0.5, 0.6) is 0 Å². The average Bonchev–Trinajstić information content (AvgIpc) is 2.55. The molecule has 1 aliphatic carbocycles. The van der Waals surface area contributed by atoms with E-state index in [9.17, 15) is 9.59 Å². The lowest BCUT2D eigenvalue weighted by atomic mass is 9.76. The van der Waals surface area contributed by atoms with Crippen LogP contribution in [-0.4, -0.2) is 23.1 Å². The van der Waals surface area contributed by atoms with Crippen LogP contribution in [0, 0.1) is 12.3 Å². The minimum absolute atomic E-state index is 0.0167. The highest BCUT2D eigenvalue weighted by molar-refractivity contribution is 5.99. The maximum Gasteiger partial charge on any atom is 0.404 e. The van der Waals surface area contributed by atoms with E-state index in [1.165, 1.54) is 0 Å². The summed E-state index contributed by atoms with van der Waals surface area (Å²) in [5.41, 5.74) is 7.81. The number of carbonyl (C=O) groups is 2. The molecule has 0 radical (unpaired) electrons. The van der Waals surface area contributed by atoms with E-state index >= 15 is 0 Å². The number of carbonyl (C=O) groups excluding carboxylic acids is 2. The van der Waals surface area contributed by atoms with Gasteiger partial charge in [0.1, 0.15) is 6.61 Å². The van der Waals surface area contributed by atoms with E-state index in [1.807, 2.05) is 13.0 Å². The van der Waals surface area contributed by atoms with Crippen molar-refractivity contribution in [3.63, 3.8) is 0 Å². The van der Waals surface area contributed by atoms with E-state index in [0.717, 1.165) is 23.4 Å². The van der Waals surface area contributed by atoms with E-state index < -0.39 is 6.09 Å². The van der Waals surface area contributed by atoms with Gasteiger partial charge in [-0.05, 0) is 24.8 Å². The Bertz CT molecular complexity index is 529. The summed E-state index contributed by atoms with van der Waals surface area (Å²) in [6.45, 7) is 6.92. The number of hydrogen-bond acceptors (Lipinski definition) is 3. The van der Waals surface area contributed by atoms with Gasteiger partial charge in [-0.25, -0.2) is 4.79 Å². The molecule has 1 aromatic heterocycles. The molecule has 2 rings (SSSR count). The van der Waals surface area contributed by atoms with Crippen LogP contribution in [0.2, 0.25) is 0 Å². The summed E-state index contributed by atoms with van der Waals surface area (Å²) in [5.74, 6) is 0.198. The highest BCUT2D eigenvalue weighted by Crippen LogP contribution is 2.36. The van der Waals surface area contributed by atoms with Crippen molar-refractivity contribution in [3.05, 3.63) is 23.0 Å². The van der Waals surface area contributed by atoms with Gasteiger partial charge in [0.05, 0.1) is 6.54 Å². The van der Waals surface area contributed by atoms with Gasteiger partial charge in [0.25, 0.3) is 0 Å². The van der Waals surface area contributed by atoms with Gasteiger partial charge in [-0.1, -0.05) is 13.8 Å². The Morgan fingerprint density at radius 2 is 2.16 bits per heavy atom. The molecule has 2 N–H and O–H groups in total. The number of nitrogens with zero attached hydrogens (tertiary/aromatic N) is 1. The molecule has 1 heterocycles. The molecule has 1 amide bonds. The van der Waals surface area contributed by atoms with Crippen LogP contribution in [0.3, 0.4) is 0 Å². The molecule has 5 heteroatoms. The first-order valence-electron chi connectivity index (χ1n) is 6.44. The van der Waals surface area contributed by atoms with Gasteiger partial charge < -0.3 is 15.0 Å². The number of Topliss-reactive ketones (excluding diaryl/α,β-unsaturated/α-hetero) is 1. The number of aryl methyl sites for hydroxylation is 1. The molecular formula is C14H20N2O3. The van der Waals surface area contributed by atoms with Crippen LogP contribution in [-0.2, 0) is 17.7 Å². The van der Waals surface area contributed by atoms with Crippen LogP contribution in [0.25, 0.3) is 0 Å². The van der Waals surface area contributed by atoms with Gasteiger partial charge in [-0.3, -0.25) is 4.79 Å². The minimum atomic E-state index is -0.768. The zero-order valence-corrected chi connectivity index (χ0v) is 11.7. The van der Waals surface area contributed by atoms with Crippen LogP contribution in [0.15, 0.2) is 6.07 Å². The lowest BCUT2D eigenvalue weighted by molar-refractivity contribution is 0.0908. The second-order valence-electron chi connectivity index (χ2n) is 5.91. The quantitative estimate of drug-likeness (QED) is 0.907. The molecule has 0 unspecified atom stereocenters. The molecule has 0 saturated heterocycles. The van der Waals surface area contributed by atoms with Gasteiger partial charge in [0.2, 0.25) is 0 Å². The van der Waals surface area contributed by atoms with Crippen LogP contribution in [0.4, 0.5) is 4.79 Å². The summed E-state index contributed by atoms with van der Waals surface area (Å²) in [4.78, 5) is 22.7. The zero-order chi connectivity index (χ0) is 14.2. The van der Waals surface area contributed by atoms with E-state index in [2.05, 4.69) is 18.4 Å². The number of primary amides is 1. The summed E-state index contributed by atoms with van der Waals surface area (Å²) in [6, 6.07) is 1.93. The fraction of sp³-hybridized carbons (Fsp3) is 0.571. The standard InChI is InChI=1S/C14H20N2O3/c1-9-6-10-11(7-14(2,3)8-12(10)17)16(9)4-5-19-13(15)18/h6H,4-5,7-8H2,1-3H3,(H2,15,18). The van der Waals surface area contributed by atoms with Crippen molar-refractivity contribution in [1.29, 1.82) is 0 Å². The Hall–Kier alpha value is -1.78. The van der Waals surface area contributed by atoms with Crippen LogP contribution >= 0.6 is 0 Å². The predicted octanol–water partition coefficient (Wildman–Crippen LogP) is 2.05. The summed E-state index contributed by atoms with van der Waals surface area (Å²) >= 11 is 0. The second kappa shape index (κ2) is 4.72. The number of fused-ring (bicyclic) bond motifs is 1. The molecule has 0 saturated carbocycles. The topological polar surface area (TPSA) is 74.3 Å². The molecule has 0 spiro atoms. The van der Waals surface area contributed by atoms with Crippen LogP contribution in [0.1, 0.15) is 42.0 Å². The summed E-state index contributed by atoms with van der Waals surface area (Å²) in [5, 5.41) is 0. The third kappa shape index (κ3) is 2.80. The molecule has 0 atom stereocenters. The van der Waals surface area contributed by atoms with Crippen molar-refractivity contribution in [2.75, 3.05) is 6.61 Å². The van der Waals surface area contributed by atoms with E-state index in [1.54, 1.807) is 0 Å². The van der Waals surface area contributed by atoms with Crippen molar-refractivity contribution in [1.82, 2.24) is 4.57 Å². The number of ketones is 1. The highest BCUT2D eigenvalue weighted by atomic mass is 16.5.